The van der Waals surface area contributed by atoms with E-state index in [1.165, 1.54) is 10.4 Å². The van der Waals surface area contributed by atoms with Crippen molar-refractivity contribution in [2.45, 2.75) is 44.7 Å². The zero-order valence-electron chi connectivity index (χ0n) is 13.5. The summed E-state index contributed by atoms with van der Waals surface area (Å²) in [7, 11) is 1.67. The Morgan fingerprint density at radius 1 is 1.26 bits per heavy atom. The number of methoxy groups -OCH3 is 1. The topological polar surface area (TPSA) is 29.5 Å². The van der Waals surface area contributed by atoms with E-state index in [9.17, 15) is 4.79 Å². The first-order valence-electron chi connectivity index (χ1n) is 8.21. The first-order chi connectivity index (χ1) is 11.3. The summed E-state index contributed by atoms with van der Waals surface area (Å²) < 4.78 is 5.19. The summed E-state index contributed by atoms with van der Waals surface area (Å²) >= 11 is 1.77. The molecule has 1 amide bonds. The van der Waals surface area contributed by atoms with E-state index in [0.29, 0.717) is 24.9 Å². The summed E-state index contributed by atoms with van der Waals surface area (Å²) in [5, 5.41) is 2.09. The normalized spacial score (nSPS) is 13.8. The average Bonchev–Trinajstić information content (AvgIpc) is 3.29. The highest BCUT2D eigenvalue weighted by Gasteiger charge is 2.32. The maximum Gasteiger partial charge on any atom is 0.223 e. The highest BCUT2D eigenvalue weighted by atomic mass is 32.1. The van der Waals surface area contributed by atoms with Gasteiger partial charge in [0, 0.05) is 23.9 Å². The third kappa shape index (κ3) is 4.58. The van der Waals surface area contributed by atoms with E-state index in [2.05, 4.69) is 22.4 Å². The van der Waals surface area contributed by atoms with Crippen molar-refractivity contribution in [2.75, 3.05) is 7.11 Å². The van der Waals surface area contributed by atoms with Gasteiger partial charge >= 0.3 is 0 Å². The van der Waals surface area contributed by atoms with Crippen LogP contribution < -0.4 is 4.74 Å². The molecule has 1 aliphatic rings. The summed E-state index contributed by atoms with van der Waals surface area (Å²) in [5.41, 5.74) is 1.17. The number of rotatable bonds is 8. The van der Waals surface area contributed by atoms with Crippen LogP contribution in [-0.2, 0) is 17.8 Å². The standard InChI is InChI=1S/C19H23NO2S/c1-22-17-11-7-15(8-12-17)14-20(16-9-10-16)19(21)6-2-4-18-5-3-13-23-18/h3,5,7-8,11-13,16H,2,4,6,9-10,14H2,1H3. The molecule has 0 bridgehead atoms. The molecule has 0 aliphatic heterocycles. The fourth-order valence-corrected chi connectivity index (χ4v) is 3.50. The molecule has 122 valence electrons. The molecule has 0 unspecified atom stereocenters. The van der Waals surface area contributed by atoms with Gasteiger partial charge in [-0.25, -0.2) is 0 Å². The van der Waals surface area contributed by atoms with Crippen LogP contribution in [0.1, 0.15) is 36.1 Å². The summed E-state index contributed by atoms with van der Waals surface area (Å²) in [6.45, 7) is 0.715. The second-order valence-corrected chi connectivity index (χ2v) is 7.07. The number of ether oxygens (including phenoxy) is 1. The van der Waals surface area contributed by atoms with Gasteiger partial charge in [-0.3, -0.25) is 4.79 Å². The molecule has 1 aromatic heterocycles. The molecule has 0 atom stereocenters. The van der Waals surface area contributed by atoms with Gasteiger partial charge in [0.1, 0.15) is 5.75 Å². The number of nitrogens with zero attached hydrogens (tertiary/aromatic N) is 1. The molecular formula is C19H23NO2S. The zero-order chi connectivity index (χ0) is 16.1. The number of carbonyl (C=O) groups excluding carboxylic acids is 1. The van der Waals surface area contributed by atoms with Gasteiger partial charge < -0.3 is 9.64 Å². The van der Waals surface area contributed by atoms with Crippen LogP contribution in [0.25, 0.3) is 0 Å². The molecule has 4 heteroatoms. The molecule has 2 aromatic rings. The molecule has 1 heterocycles. The predicted molar refractivity (Wildman–Crippen MR) is 93.8 cm³/mol. The lowest BCUT2D eigenvalue weighted by Gasteiger charge is -2.22. The predicted octanol–water partition coefficient (Wildman–Crippen LogP) is 4.27. The molecule has 3 nitrogen and oxygen atoms in total. The minimum Gasteiger partial charge on any atom is -0.497 e. The van der Waals surface area contributed by atoms with Gasteiger partial charge in [0.25, 0.3) is 0 Å². The Morgan fingerprint density at radius 2 is 2.04 bits per heavy atom. The van der Waals surface area contributed by atoms with Crippen LogP contribution in [0.5, 0.6) is 5.75 Å². The van der Waals surface area contributed by atoms with Gasteiger partial charge in [-0.15, -0.1) is 11.3 Å². The molecule has 0 saturated heterocycles. The number of benzene rings is 1. The molecule has 0 radical (unpaired) electrons. The second kappa shape index (κ2) is 7.64. The van der Waals surface area contributed by atoms with Crippen molar-refractivity contribution in [1.82, 2.24) is 4.90 Å². The van der Waals surface area contributed by atoms with Crippen molar-refractivity contribution in [3.8, 4) is 5.75 Å². The summed E-state index contributed by atoms with van der Waals surface area (Å²) in [6.07, 6.45) is 4.87. The van der Waals surface area contributed by atoms with Crippen LogP contribution in [0.3, 0.4) is 0 Å². The second-order valence-electron chi connectivity index (χ2n) is 6.03. The van der Waals surface area contributed by atoms with Crippen LogP contribution in [0, 0.1) is 0 Å². The van der Waals surface area contributed by atoms with E-state index < -0.39 is 0 Å². The van der Waals surface area contributed by atoms with Crippen molar-refractivity contribution >= 4 is 17.2 Å². The van der Waals surface area contributed by atoms with E-state index in [1.807, 2.05) is 24.3 Å². The Labute approximate surface area is 141 Å². The lowest BCUT2D eigenvalue weighted by atomic mass is 10.1. The number of hydrogen-bond acceptors (Lipinski definition) is 3. The Morgan fingerprint density at radius 3 is 2.65 bits per heavy atom. The summed E-state index contributed by atoms with van der Waals surface area (Å²) in [4.78, 5) is 16.0. The van der Waals surface area contributed by atoms with E-state index in [4.69, 9.17) is 4.74 Å². The SMILES string of the molecule is COc1ccc(CN(C(=O)CCCc2cccs2)C2CC2)cc1. The van der Waals surface area contributed by atoms with Crippen LogP contribution >= 0.6 is 11.3 Å². The molecule has 1 saturated carbocycles. The minimum atomic E-state index is 0.292. The summed E-state index contributed by atoms with van der Waals surface area (Å²) in [5.74, 6) is 1.15. The first kappa shape index (κ1) is 16.1. The maximum absolute atomic E-state index is 12.6. The van der Waals surface area contributed by atoms with E-state index >= 15 is 0 Å². The van der Waals surface area contributed by atoms with Crippen molar-refractivity contribution in [2.24, 2.45) is 0 Å². The Kier molecular flexibility index (Phi) is 5.34. The fourth-order valence-electron chi connectivity index (χ4n) is 2.75. The number of thiophene rings is 1. The molecule has 1 aromatic carbocycles. The molecule has 0 N–H and O–H groups in total. The monoisotopic (exact) mass is 329 g/mol. The van der Waals surface area contributed by atoms with E-state index in [-0.39, 0.29) is 0 Å². The minimum absolute atomic E-state index is 0.292. The Bertz CT molecular complexity index is 617. The van der Waals surface area contributed by atoms with Gasteiger partial charge in [-0.05, 0) is 54.8 Å². The van der Waals surface area contributed by atoms with E-state index in [0.717, 1.165) is 31.4 Å². The van der Waals surface area contributed by atoms with Crippen LogP contribution in [0.4, 0.5) is 0 Å². The number of hydrogen-bond donors (Lipinski definition) is 0. The van der Waals surface area contributed by atoms with Gasteiger partial charge in [0.05, 0.1) is 7.11 Å². The van der Waals surface area contributed by atoms with Gasteiger partial charge in [0.15, 0.2) is 0 Å². The van der Waals surface area contributed by atoms with Gasteiger partial charge in [-0.2, -0.15) is 0 Å². The first-order valence-corrected chi connectivity index (χ1v) is 9.09. The Hall–Kier alpha value is -1.81. The van der Waals surface area contributed by atoms with Crippen LogP contribution in [-0.4, -0.2) is 24.0 Å². The lowest BCUT2D eigenvalue weighted by molar-refractivity contribution is -0.132. The van der Waals surface area contributed by atoms with Crippen LogP contribution in [0.15, 0.2) is 41.8 Å². The quantitative estimate of drug-likeness (QED) is 0.724. The van der Waals surface area contributed by atoms with Gasteiger partial charge in [-0.1, -0.05) is 18.2 Å². The van der Waals surface area contributed by atoms with Crippen molar-refractivity contribution in [3.63, 3.8) is 0 Å². The fraction of sp³-hybridized carbons (Fsp3) is 0.421. The molecule has 3 rings (SSSR count). The highest BCUT2D eigenvalue weighted by molar-refractivity contribution is 7.09. The lowest BCUT2D eigenvalue weighted by Crippen LogP contribution is -2.32. The Balaban J connectivity index is 1.53. The highest BCUT2D eigenvalue weighted by Crippen LogP contribution is 2.29. The van der Waals surface area contributed by atoms with Crippen molar-refractivity contribution in [1.29, 1.82) is 0 Å². The largest absolute Gasteiger partial charge is 0.497 e. The molecule has 0 spiro atoms. The van der Waals surface area contributed by atoms with E-state index in [1.54, 1.807) is 18.4 Å². The number of aryl methyl sites for hydroxylation is 1. The zero-order valence-corrected chi connectivity index (χ0v) is 14.3. The smallest absolute Gasteiger partial charge is 0.223 e. The van der Waals surface area contributed by atoms with Crippen molar-refractivity contribution in [3.05, 3.63) is 52.2 Å². The maximum atomic E-state index is 12.6. The van der Waals surface area contributed by atoms with Crippen molar-refractivity contribution < 1.29 is 9.53 Å². The molecular weight excluding hydrogens is 306 g/mol. The molecule has 23 heavy (non-hydrogen) atoms. The van der Waals surface area contributed by atoms with Gasteiger partial charge in [0.2, 0.25) is 5.91 Å². The third-order valence-corrected chi connectivity index (χ3v) is 5.15. The third-order valence-electron chi connectivity index (χ3n) is 4.21. The number of carbonyl (C=O) groups is 1. The molecule has 1 aliphatic carbocycles. The summed E-state index contributed by atoms with van der Waals surface area (Å²) in [6, 6.07) is 12.7. The number of amides is 1. The van der Waals surface area contributed by atoms with Crippen LogP contribution in [0.2, 0.25) is 0 Å². The average molecular weight is 329 g/mol. The molecule has 1 fully saturated rings.